The molecular weight excluding hydrogens is 290 g/mol. The van der Waals surface area contributed by atoms with E-state index in [2.05, 4.69) is 24.3 Å². The molecule has 2 nitrogen and oxygen atoms in total. The second kappa shape index (κ2) is 5.78. The first-order valence-corrected chi connectivity index (χ1v) is 7.68. The molecule has 20 heavy (non-hydrogen) atoms. The van der Waals surface area contributed by atoms with Crippen molar-refractivity contribution in [1.82, 2.24) is 0 Å². The highest BCUT2D eigenvalue weighted by Gasteiger charge is 2.23. The average Bonchev–Trinajstić information content (AvgIpc) is 2.88. The van der Waals surface area contributed by atoms with Gasteiger partial charge >= 0.3 is 0 Å². The van der Waals surface area contributed by atoms with Crippen LogP contribution in [0.25, 0.3) is 0 Å². The zero-order chi connectivity index (χ0) is 13.9. The highest BCUT2D eigenvalue weighted by atomic mass is 35.5. The van der Waals surface area contributed by atoms with Crippen molar-refractivity contribution in [2.24, 2.45) is 0 Å². The van der Waals surface area contributed by atoms with Gasteiger partial charge in [0, 0.05) is 22.6 Å². The number of fused-ring (bicyclic) bond motifs is 1. The molecule has 0 saturated heterocycles. The van der Waals surface area contributed by atoms with Crippen LogP contribution in [0.4, 0.5) is 0 Å². The molecule has 0 saturated carbocycles. The van der Waals surface area contributed by atoms with Crippen molar-refractivity contribution < 1.29 is 4.74 Å². The quantitative estimate of drug-likeness (QED) is 0.838. The van der Waals surface area contributed by atoms with Gasteiger partial charge in [0.2, 0.25) is 0 Å². The van der Waals surface area contributed by atoms with Gasteiger partial charge in [-0.15, -0.1) is 11.8 Å². The largest absolute Gasteiger partial charge is 0.493 e. The van der Waals surface area contributed by atoms with Crippen LogP contribution in [0.1, 0.15) is 17.0 Å². The van der Waals surface area contributed by atoms with Gasteiger partial charge in [0.05, 0.1) is 17.2 Å². The lowest BCUT2D eigenvalue weighted by Crippen LogP contribution is -2.09. The van der Waals surface area contributed by atoms with Crippen LogP contribution in [0.5, 0.6) is 5.75 Å². The van der Waals surface area contributed by atoms with Crippen molar-refractivity contribution >= 4 is 23.4 Å². The maximum Gasteiger partial charge on any atom is 0.120 e. The third kappa shape index (κ3) is 2.63. The molecule has 0 spiro atoms. The van der Waals surface area contributed by atoms with Gasteiger partial charge in [-0.3, -0.25) is 0 Å². The van der Waals surface area contributed by atoms with Gasteiger partial charge in [0.15, 0.2) is 0 Å². The highest BCUT2D eigenvalue weighted by molar-refractivity contribution is 7.99. The SMILES string of the molecule is N#Cc1ccc(OCC2CSc3ccccc32)cc1Cl. The van der Waals surface area contributed by atoms with E-state index in [9.17, 15) is 0 Å². The van der Waals surface area contributed by atoms with Crippen LogP contribution in [-0.4, -0.2) is 12.4 Å². The molecule has 1 aliphatic rings. The average molecular weight is 302 g/mol. The fraction of sp³-hybridized carbons (Fsp3) is 0.188. The number of benzene rings is 2. The molecule has 0 radical (unpaired) electrons. The van der Waals surface area contributed by atoms with Gasteiger partial charge in [-0.1, -0.05) is 29.8 Å². The number of hydrogen-bond donors (Lipinski definition) is 0. The summed E-state index contributed by atoms with van der Waals surface area (Å²) in [5, 5.41) is 9.28. The lowest BCUT2D eigenvalue weighted by Gasteiger charge is -2.13. The van der Waals surface area contributed by atoms with Crippen LogP contribution in [-0.2, 0) is 0 Å². The van der Waals surface area contributed by atoms with Crippen LogP contribution in [0, 0.1) is 11.3 Å². The molecule has 0 aliphatic carbocycles. The van der Waals surface area contributed by atoms with E-state index in [1.807, 2.05) is 17.8 Å². The Hall–Kier alpha value is -1.63. The van der Waals surface area contributed by atoms with E-state index in [1.165, 1.54) is 10.5 Å². The van der Waals surface area contributed by atoms with Crippen LogP contribution in [0.15, 0.2) is 47.4 Å². The molecule has 1 atom stereocenters. The Kier molecular flexibility index (Phi) is 3.86. The molecule has 0 bridgehead atoms. The minimum absolute atomic E-state index is 0.408. The van der Waals surface area contributed by atoms with E-state index in [-0.39, 0.29) is 0 Å². The summed E-state index contributed by atoms with van der Waals surface area (Å²) in [5.41, 5.74) is 1.83. The van der Waals surface area contributed by atoms with Crippen molar-refractivity contribution in [2.45, 2.75) is 10.8 Å². The molecule has 1 heterocycles. The van der Waals surface area contributed by atoms with Gasteiger partial charge in [-0.25, -0.2) is 0 Å². The van der Waals surface area contributed by atoms with Gasteiger partial charge < -0.3 is 4.74 Å². The minimum Gasteiger partial charge on any atom is -0.493 e. The maximum atomic E-state index is 8.84. The van der Waals surface area contributed by atoms with Crippen molar-refractivity contribution in [1.29, 1.82) is 5.26 Å². The number of thioether (sulfide) groups is 1. The molecule has 0 N–H and O–H groups in total. The third-order valence-electron chi connectivity index (χ3n) is 3.31. The summed E-state index contributed by atoms with van der Waals surface area (Å²) in [6.07, 6.45) is 0. The number of halogens is 1. The summed E-state index contributed by atoms with van der Waals surface area (Å²) < 4.78 is 5.82. The van der Waals surface area contributed by atoms with Crippen LogP contribution < -0.4 is 4.74 Å². The summed E-state index contributed by atoms with van der Waals surface area (Å²) in [4.78, 5) is 1.35. The smallest absolute Gasteiger partial charge is 0.120 e. The molecular formula is C16H12ClNOS. The third-order valence-corrected chi connectivity index (χ3v) is 4.88. The normalized spacial score (nSPS) is 16.5. The Balaban J connectivity index is 1.69. The van der Waals surface area contributed by atoms with Crippen molar-refractivity contribution in [3.8, 4) is 11.8 Å². The second-order valence-electron chi connectivity index (χ2n) is 4.61. The van der Waals surface area contributed by atoms with Crippen molar-refractivity contribution in [2.75, 3.05) is 12.4 Å². The number of rotatable bonds is 3. The Bertz CT molecular complexity index is 680. The van der Waals surface area contributed by atoms with E-state index in [1.54, 1.807) is 18.2 Å². The molecule has 2 aromatic rings. The summed E-state index contributed by atoms with van der Waals surface area (Å²) in [6.45, 7) is 0.631. The maximum absolute atomic E-state index is 8.84. The van der Waals surface area contributed by atoms with Gasteiger partial charge in [-0.05, 0) is 23.8 Å². The van der Waals surface area contributed by atoms with Gasteiger partial charge in [0.1, 0.15) is 11.8 Å². The summed E-state index contributed by atoms with van der Waals surface area (Å²) in [7, 11) is 0. The van der Waals surface area contributed by atoms with Crippen molar-refractivity contribution in [3.05, 3.63) is 58.6 Å². The first kappa shape index (κ1) is 13.4. The number of nitriles is 1. The van der Waals surface area contributed by atoms with Crippen LogP contribution >= 0.6 is 23.4 Å². The standard InChI is InChI=1S/C16H12ClNOS/c17-15-7-13(6-5-11(15)8-18)19-9-12-10-20-16-4-2-1-3-14(12)16/h1-7,12H,9-10H2. The van der Waals surface area contributed by atoms with Gasteiger partial charge in [-0.2, -0.15) is 5.26 Å². The molecule has 3 rings (SSSR count). The molecule has 100 valence electrons. The van der Waals surface area contributed by atoms with E-state index < -0.39 is 0 Å². The molecule has 4 heteroatoms. The molecule has 2 aromatic carbocycles. The molecule has 1 aliphatic heterocycles. The molecule has 0 fully saturated rings. The predicted octanol–water partition coefficient (Wildman–Crippen LogP) is 4.48. The number of hydrogen-bond acceptors (Lipinski definition) is 3. The first-order valence-electron chi connectivity index (χ1n) is 6.32. The zero-order valence-corrected chi connectivity index (χ0v) is 12.2. The van der Waals surface area contributed by atoms with E-state index in [0.29, 0.717) is 28.9 Å². The summed E-state index contributed by atoms with van der Waals surface area (Å²) >= 11 is 7.87. The highest BCUT2D eigenvalue weighted by Crippen LogP contribution is 2.39. The van der Waals surface area contributed by atoms with E-state index in [0.717, 1.165) is 5.75 Å². The summed E-state index contributed by atoms with van der Waals surface area (Å²) in [6, 6.07) is 15.7. The Morgan fingerprint density at radius 3 is 2.95 bits per heavy atom. The fourth-order valence-electron chi connectivity index (χ4n) is 2.24. The summed E-state index contributed by atoms with van der Waals surface area (Å²) in [5.74, 6) is 2.16. The van der Waals surface area contributed by atoms with Crippen molar-refractivity contribution in [3.63, 3.8) is 0 Å². The minimum atomic E-state index is 0.408. The zero-order valence-electron chi connectivity index (χ0n) is 10.7. The fourth-order valence-corrected chi connectivity index (χ4v) is 3.69. The number of ether oxygens (including phenoxy) is 1. The molecule has 0 amide bonds. The van der Waals surface area contributed by atoms with Gasteiger partial charge in [0.25, 0.3) is 0 Å². The predicted molar refractivity (Wildman–Crippen MR) is 81.6 cm³/mol. The van der Waals surface area contributed by atoms with E-state index >= 15 is 0 Å². The molecule has 0 aromatic heterocycles. The number of nitrogens with zero attached hydrogens (tertiary/aromatic N) is 1. The van der Waals surface area contributed by atoms with Crippen LogP contribution in [0.2, 0.25) is 5.02 Å². The van der Waals surface area contributed by atoms with E-state index in [4.69, 9.17) is 21.6 Å². The molecule has 1 unspecified atom stereocenters. The lowest BCUT2D eigenvalue weighted by atomic mass is 10.0. The first-order chi connectivity index (χ1) is 9.78. The Morgan fingerprint density at radius 2 is 2.15 bits per heavy atom. The monoisotopic (exact) mass is 301 g/mol. The van der Waals surface area contributed by atoms with Crippen LogP contribution in [0.3, 0.4) is 0 Å². The lowest BCUT2D eigenvalue weighted by molar-refractivity contribution is 0.298. The second-order valence-corrected chi connectivity index (χ2v) is 6.08. The topological polar surface area (TPSA) is 33.0 Å². The Morgan fingerprint density at radius 1 is 1.30 bits per heavy atom. The Labute approximate surface area is 127 Å².